The van der Waals surface area contributed by atoms with Gasteiger partial charge in [0.05, 0.1) is 0 Å². The number of fused-ring (bicyclic) bond motifs is 1. The van der Waals surface area contributed by atoms with Crippen LogP contribution in [0.15, 0.2) is 23.3 Å². The first-order chi connectivity index (χ1) is 5.23. The maximum absolute atomic E-state index is 4.17. The maximum atomic E-state index is 4.17. The highest BCUT2D eigenvalue weighted by Gasteiger charge is 2.72. The van der Waals surface area contributed by atoms with Gasteiger partial charge in [-0.15, -0.1) is 0 Å². The van der Waals surface area contributed by atoms with Crippen molar-refractivity contribution in [1.29, 1.82) is 0 Å². The van der Waals surface area contributed by atoms with Crippen LogP contribution in [-0.2, 0) is 0 Å². The van der Waals surface area contributed by atoms with Crippen LogP contribution in [0.5, 0.6) is 0 Å². The summed E-state index contributed by atoms with van der Waals surface area (Å²) in [4.78, 5) is 0. The van der Waals surface area contributed by atoms with Crippen LogP contribution in [0, 0.1) is 17.3 Å². The summed E-state index contributed by atoms with van der Waals surface area (Å²) in [5, 5.41) is 0. The number of allylic oxidation sites excluding steroid dienone is 3. The summed E-state index contributed by atoms with van der Waals surface area (Å²) >= 11 is 0. The monoisotopic (exact) mass is 146 g/mol. The van der Waals surface area contributed by atoms with Crippen molar-refractivity contribution in [1.82, 2.24) is 0 Å². The van der Waals surface area contributed by atoms with E-state index in [0.29, 0.717) is 5.41 Å². The van der Waals surface area contributed by atoms with Gasteiger partial charge in [-0.3, -0.25) is 0 Å². The fourth-order valence-electron chi connectivity index (χ4n) is 3.31. The fourth-order valence-corrected chi connectivity index (χ4v) is 3.31. The Morgan fingerprint density at radius 2 is 2.36 bits per heavy atom. The molecular formula is C11H14. The van der Waals surface area contributed by atoms with Gasteiger partial charge in [0.15, 0.2) is 0 Å². The molecule has 0 aliphatic heterocycles. The van der Waals surface area contributed by atoms with Crippen LogP contribution >= 0.6 is 0 Å². The Morgan fingerprint density at radius 1 is 1.64 bits per heavy atom. The third-order valence-corrected chi connectivity index (χ3v) is 4.08. The molecule has 1 spiro atoms. The lowest BCUT2D eigenvalue weighted by atomic mass is 9.87. The summed E-state index contributed by atoms with van der Waals surface area (Å²) in [5.74, 6) is 1.74. The highest BCUT2D eigenvalue weighted by atomic mass is 14.7. The van der Waals surface area contributed by atoms with E-state index in [1.165, 1.54) is 12.8 Å². The molecule has 0 heterocycles. The topological polar surface area (TPSA) is 0 Å². The van der Waals surface area contributed by atoms with Crippen LogP contribution in [0.25, 0.3) is 0 Å². The third-order valence-electron chi connectivity index (χ3n) is 4.08. The van der Waals surface area contributed by atoms with Gasteiger partial charge in [-0.25, -0.2) is 0 Å². The Hall–Kier alpha value is -0.520. The molecule has 0 saturated heterocycles. The molecule has 1 saturated carbocycles. The zero-order valence-electron chi connectivity index (χ0n) is 7.28. The second-order valence-electron chi connectivity index (χ2n) is 4.29. The van der Waals surface area contributed by atoms with Crippen LogP contribution in [0.2, 0.25) is 0 Å². The van der Waals surface area contributed by atoms with Gasteiger partial charge in [-0.05, 0) is 24.7 Å². The molecule has 0 aromatic carbocycles. The van der Waals surface area contributed by atoms with Gasteiger partial charge < -0.3 is 0 Å². The first-order valence-corrected chi connectivity index (χ1v) is 4.66. The van der Waals surface area contributed by atoms with E-state index in [1.54, 1.807) is 16.7 Å². The Labute approximate surface area is 68.0 Å². The Balaban J connectivity index is 1.94. The zero-order chi connectivity index (χ0) is 7.80. The van der Waals surface area contributed by atoms with Crippen molar-refractivity contribution in [2.24, 2.45) is 17.3 Å². The standard InChI is InChI=1S/C11H14/c1-4-9-7(3)11(9)5-8-6(2)10(8)11/h6,9H,3-5H2,1-2H3. The normalized spacial score (nSPS) is 50.9. The van der Waals surface area contributed by atoms with Gasteiger partial charge in [0.25, 0.3) is 0 Å². The van der Waals surface area contributed by atoms with Crippen LogP contribution in [0.1, 0.15) is 26.7 Å². The molecule has 11 heavy (non-hydrogen) atoms. The molecule has 3 unspecified atom stereocenters. The largest absolute Gasteiger partial charge is 0.0986 e. The van der Waals surface area contributed by atoms with Crippen molar-refractivity contribution in [2.75, 3.05) is 0 Å². The van der Waals surface area contributed by atoms with Crippen molar-refractivity contribution < 1.29 is 0 Å². The van der Waals surface area contributed by atoms with E-state index in [2.05, 4.69) is 20.4 Å². The van der Waals surface area contributed by atoms with Gasteiger partial charge in [0.2, 0.25) is 0 Å². The molecule has 0 nitrogen and oxygen atoms in total. The SMILES string of the molecule is C=C1C(CC)C12CC1=C2C1C. The molecule has 3 aliphatic rings. The van der Waals surface area contributed by atoms with E-state index in [4.69, 9.17) is 0 Å². The molecule has 0 aromatic rings. The lowest BCUT2D eigenvalue weighted by Gasteiger charge is -2.15. The van der Waals surface area contributed by atoms with Crippen molar-refractivity contribution in [2.45, 2.75) is 26.7 Å². The Kier molecular flexibility index (Phi) is 0.742. The molecule has 0 radical (unpaired) electrons. The molecule has 0 N–H and O–H groups in total. The van der Waals surface area contributed by atoms with Gasteiger partial charge in [-0.2, -0.15) is 0 Å². The first kappa shape index (κ1) is 6.05. The molecule has 58 valence electrons. The Morgan fingerprint density at radius 3 is 2.64 bits per heavy atom. The molecule has 0 bridgehead atoms. The van der Waals surface area contributed by atoms with Gasteiger partial charge in [-0.1, -0.05) is 37.1 Å². The van der Waals surface area contributed by atoms with Crippen molar-refractivity contribution >= 4 is 0 Å². The van der Waals surface area contributed by atoms with Gasteiger partial charge >= 0.3 is 0 Å². The quantitative estimate of drug-likeness (QED) is 0.499. The molecule has 3 rings (SSSR count). The fraction of sp³-hybridized carbons (Fsp3) is 0.636. The minimum atomic E-state index is 0.587. The van der Waals surface area contributed by atoms with Crippen LogP contribution in [0.4, 0.5) is 0 Å². The number of rotatable bonds is 1. The first-order valence-electron chi connectivity index (χ1n) is 4.66. The average Bonchev–Trinajstić information content (AvgIpc) is 2.69. The van der Waals surface area contributed by atoms with E-state index in [-0.39, 0.29) is 0 Å². The third kappa shape index (κ3) is 0.399. The summed E-state index contributed by atoms with van der Waals surface area (Å²) in [6.45, 7) is 8.80. The average molecular weight is 146 g/mol. The van der Waals surface area contributed by atoms with Crippen molar-refractivity contribution in [3.05, 3.63) is 23.3 Å². The van der Waals surface area contributed by atoms with E-state index in [9.17, 15) is 0 Å². The van der Waals surface area contributed by atoms with Crippen LogP contribution < -0.4 is 0 Å². The molecular weight excluding hydrogens is 132 g/mol. The van der Waals surface area contributed by atoms with Crippen LogP contribution in [-0.4, -0.2) is 0 Å². The van der Waals surface area contributed by atoms with Gasteiger partial charge in [0, 0.05) is 5.41 Å². The van der Waals surface area contributed by atoms with Crippen molar-refractivity contribution in [3.63, 3.8) is 0 Å². The molecule has 0 amide bonds. The molecule has 0 aromatic heterocycles. The second-order valence-corrected chi connectivity index (χ2v) is 4.29. The highest BCUT2D eigenvalue weighted by molar-refractivity contribution is 5.68. The summed E-state index contributed by atoms with van der Waals surface area (Å²) in [6.07, 6.45) is 2.68. The van der Waals surface area contributed by atoms with Crippen molar-refractivity contribution in [3.8, 4) is 0 Å². The second kappa shape index (κ2) is 1.35. The van der Waals surface area contributed by atoms with E-state index in [1.807, 2.05) is 0 Å². The van der Waals surface area contributed by atoms with Gasteiger partial charge in [0.1, 0.15) is 0 Å². The number of hydrogen-bond acceptors (Lipinski definition) is 0. The predicted octanol–water partition coefficient (Wildman–Crippen LogP) is 2.92. The minimum Gasteiger partial charge on any atom is -0.0986 e. The smallest absolute Gasteiger partial charge is 0.0232 e. The lowest BCUT2D eigenvalue weighted by Crippen LogP contribution is -2.06. The summed E-state index contributed by atoms with van der Waals surface area (Å²) in [6, 6.07) is 0. The molecule has 3 atom stereocenters. The van der Waals surface area contributed by atoms with Crippen LogP contribution in [0.3, 0.4) is 0 Å². The summed E-state index contributed by atoms with van der Waals surface area (Å²) in [7, 11) is 0. The molecule has 1 fully saturated rings. The highest BCUT2D eigenvalue weighted by Crippen LogP contribution is 2.82. The minimum absolute atomic E-state index is 0.587. The summed E-state index contributed by atoms with van der Waals surface area (Å²) < 4.78 is 0. The molecule has 0 heteroatoms. The van der Waals surface area contributed by atoms with E-state index >= 15 is 0 Å². The number of hydrogen-bond donors (Lipinski definition) is 0. The summed E-state index contributed by atoms with van der Waals surface area (Å²) in [5.41, 5.74) is 5.68. The Bertz CT molecular complexity index is 295. The maximum Gasteiger partial charge on any atom is 0.0232 e. The zero-order valence-corrected chi connectivity index (χ0v) is 7.28. The lowest BCUT2D eigenvalue weighted by molar-refractivity contribution is 0.522. The molecule has 3 aliphatic carbocycles. The predicted molar refractivity (Wildman–Crippen MR) is 46.2 cm³/mol. The van der Waals surface area contributed by atoms with E-state index < -0.39 is 0 Å². The van der Waals surface area contributed by atoms with E-state index in [0.717, 1.165) is 11.8 Å².